The normalized spacial score (nSPS) is 33.6. The first-order valence-electron chi connectivity index (χ1n) is 3.80. The second-order valence-corrected chi connectivity index (χ2v) is 3.88. The molecule has 0 radical (unpaired) electrons. The fourth-order valence-corrected chi connectivity index (χ4v) is 1.47. The van der Waals surface area contributed by atoms with Crippen molar-refractivity contribution >= 4 is 0 Å². The summed E-state index contributed by atoms with van der Waals surface area (Å²) in [5.74, 6) is 0.613. The first-order chi connectivity index (χ1) is 4.58. The maximum absolute atomic E-state index is 8.97. The highest BCUT2D eigenvalue weighted by molar-refractivity contribution is 4.87. The molecule has 2 unspecified atom stereocenters. The topological polar surface area (TPSA) is 29.5 Å². The number of aliphatic hydroxyl groups excluding tert-OH is 1. The van der Waals surface area contributed by atoms with Crippen molar-refractivity contribution in [3.05, 3.63) is 0 Å². The van der Waals surface area contributed by atoms with Gasteiger partial charge in [0.25, 0.3) is 0 Å². The second-order valence-electron chi connectivity index (χ2n) is 3.88. The van der Waals surface area contributed by atoms with Crippen molar-refractivity contribution in [2.24, 2.45) is 11.3 Å². The Balaban J connectivity index is 2.47. The highest BCUT2D eigenvalue weighted by Crippen LogP contribution is 2.34. The number of hydrogen-bond acceptors (Lipinski definition) is 2. The van der Waals surface area contributed by atoms with E-state index in [4.69, 9.17) is 9.84 Å². The fraction of sp³-hybridized carbons (Fsp3) is 1.00. The van der Waals surface area contributed by atoms with E-state index in [1.807, 2.05) is 13.8 Å². The van der Waals surface area contributed by atoms with Gasteiger partial charge < -0.3 is 9.84 Å². The van der Waals surface area contributed by atoms with Crippen molar-refractivity contribution < 1.29 is 9.84 Å². The van der Waals surface area contributed by atoms with Crippen molar-refractivity contribution in [3.8, 4) is 0 Å². The van der Waals surface area contributed by atoms with Gasteiger partial charge in [0.15, 0.2) is 0 Å². The summed E-state index contributed by atoms with van der Waals surface area (Å²) in [6.07, 6.45) is 0.262. The van der Waals surface area contributed by atoms with Gasteiger partial charge >= 0.3 is 0 Å². The van der Waals surface area contributed by atoms with E-state index in [1.165, 1.54) is 0 Å². The van der Waals surface area contributed by atoms with Gasteiger partial charge in [-0.3, -0.25) is 0 Å². The molecule has 0 spiro atoms. The lowest BCUT2D eigenvalue weighted by Gasteiger charge is -2.44. The van der Waals surface area contributed by atoms with Crippen molar-refractivity contribution in [1.29, 1.82) is 0 Å². The molecule has 2 heteroatoms. The molecule has 0 bridgehead atoms. The van der Waals surface area contributed by atoms with E-state index in [2.05, 4.69) is 6.92 Å². The summed E-state index contributed by atoms with van der Waals surface area (Å²) < 4.78 is 5.34. The average Bonchev–Trinajstić information content (AvgIpc) is 1.84. The molecule has 1 heterocycles. The van der Waals surface area contributed by atoms with Crippen LogP contribution >= 0.6 is 0 Å². The van der Waals surface area contributed by atoms with Crippen LogP contribution in [0.4, 0.5) is 0 Å². The van der Waals surface area contributed by atoms with Gasteiger partial charge in [-0.25, -0.2) is 0 Å². The summed E-state index contributed by atoms with van der Waals surface area (Å²) in [7, 11) is 0. The lowest BCUT2D eigenvalue weighted by molar-refractivity contribution is -0.173. The van der Waals surface area contributed by atoms with Crippen LogP contribution in [-0.2, 0) is 4.74 Å². The quantitative estimate of drug-likeness (QED) is 0.627. The Hall–Kier alpha value is -0.0800. The highest BCUT2D eigenvalue weighted by atomic mass is 16.5. The second kappa shape index (κ2) is 2.51. The summed E-state index contributed by atoms with van der Waals surface area (Å²) in [5, 5.41) is 8.97. The summed E-state index contributed by atoms with van der Waals surface area (Å²) in [5.41, 5.74) is -0.0579. The molecule has 0 aromatic rings. The van der Waals surface area contributed by atoms with Crippen LogP contribution in [0, 0.1) is 11.3 Å². The number of ether oxygens (including phenoxy) is 1. The maximum Gasteiger partial charge on any atom is 0.0695 e. The lowest BCUT2D eigenvalue weighted by Crippen LogP contribution is -2.49. The largest absolute Gasteiger partial charge is 0.396 e. The summed E-state index contributed by atoms with van der Waals surface area (Å²) in [6.45, 7) is 7.29. The van der Waals surface area contributed by atoms with Crippen LogP contribution in [0.3, 0.4) is 0 Å². The predicted molar refractivity (Wildman–Crippen MR) is 39.8 cm³/mol. The molecule has 0 amide bonds. The Morgan fingerprint density at radius 3 is 2.30 bits per heavy atom. The number of hydrogen-bond donors (Lipinski definition) is 1. The van der Waals surface area contributed by atoms with Crippen molar-refractivity contribution in [2.75, 3.05) is 13.2 Å². The fourth-order valence-electron chi connectivity index (χ4n) is 1.47. The predicted octanol–water partition coefficient (Wildman–Crippen LogP) is 1.04. The molecule has 10 heavy (non-hydrogen) atoms. The number of aliphatic hydroxyl groups is 1. The molecule has 0 aliphatic carbocycles. The maximum atomic E-state index is 8.97. The molecule has 0 aromatic carbocycles. The molecule has 2 nitrogen and oxygen atoms in total. The molecule has 1 saturated heterocycles. The van der Waals surface area contributed by atoms with E-state index in [0.29, 0.717) is 5.92 Å². The molecular formula is C8H16O2. The number of rotatable bonds is 2. The Morgan fingerprint density at radius 2 is 2.20 bits per heavy atom. The van der Waals surface area contributed by atoms with Gasteiger partial charge in [-0.1, -0.05) is 20.8 Å². The summed E-state index contributed by atoms with van der Waals surface area (Å²) in [6, 6.07) is 0. The first kappa shape index (κ1) is 8.02. The van der Waals surface area contributed by atoms with E-state index in [0.717, 1.165) is 6.61 Å². The minimum atomic E-state index is -0.0579. The molecule has 1 aliphatic heterocycles. The minimum absolute atomic E-state index is 0.0579. The third kappa shape index (κ3) is 1.18. The smallest absolute Gasteiger partial charge is 0.0695 e. The molecule has 0 saturated carbocycles. The van der Waals surface area contributed by atoms with Crippen molar-refractivity contribution in [1.82, 2.24) is 0 Å². The van der Waals surface area contributed by atoms with Crippen molar-refractivity contribution in [3.63, 3.8) is 0 Å². The summed E-state index contributed by atoms with van der Waals surface area (Å²) in [4.78, 5) is 0. The molecular weight excluding hydrogens is 128 g/mol. The zero-order chi connectivity index (χ0) is 7.78. The van der Waals surface area contributed by atoms with E-state index in [1.54, 1.807) is 0 Å². The molecule has 1 N–H and O–H groups in total. The molecule has 1 aliphatic rings. The van der Waals surface area contributed by atoms with E-state index >= 15 is 0 Å². The third-order valence-corrected chi connectivity index (χ3v) is 2.23. The third-order valence-electron chi connectivity index (χ3n) is 2.23. The monoisotopic (exact) mass is 144 g/mol. The van der Waals surface area contributed by atoms with Crippen LogP contribution < -0.4 is 0 Å². The highest BCUT2D eigenvalue weighted by Gasteiger charge is 2.40. The van der Waals surface area contributed by atoms with Gasteiger partial charge in [0.05, 0.1) is 19.3 Å². The van der Waals surface area contributed by atoms with Gasteiger partial charge in [-0.2, -0.15) is 0 Å². The minimum Gasteiger partial charge on any atom is -0.396 e. The van der Waals surface area contributed by atoms with Gasteiger partial charge in [0.1, 0.15) is 0 Å². The van der Waals surface area contributed by atoms with Gasteiger partial charge in [0, 0.05) is 11.3 Å². The Bertz CT molecular complexity index is 120. The Kier molecular flexibility index (Phi) is 2.02. The van der Waals surface area contributed by atoms with Crippen molar-refractivity contribution in [2.45, 2.75) is 26.9 Å². The van der Waals surface area contributed by atoms with E-state index < -0.39 is 0 Å². The zero-order valence-electron chi connectivity index (χ0n) is 6.92. The molecule has 1 rings (SSSR count). The Labute approximate surface area is 62.2 Å². The molecule has 2 atom stereocenters. The van der Waals surface area contributed by atoms with Gasteiger partial charge in [-0.05, 0) is 0 Å². The lowest BCUT2D eigenvalue weighted by atomic mass is 9.78. The van der Waals surface area contributed by atoms with Gasteiger partial charge in [0.2, 0.25) is 0 Å². The average molecular weight is 144 g/mol. The van der Waals surface area contributed by atoms with Crippen LogP contribution in [-0.4, -0.2) is 24.4 Å². The molecule has 1 fully saturated rings. The van der Waals surface area contributed by atoms with Crippen LogP contribution in [0.15, 0.2) is 0 Å². The standard InChI is InChI=1S/C8H16O2/c1-6-4-10-7(6)8(2,3)5-9/h6-7,9H,4-5H2,1-3H3. The zero-order valence-corrected chi connectivity index (χ0v) is 6.92. The summed E-state index contributed by atoms with van der Waals surface area (Å²) >= 11 is 0. The molecule has 0 aromatic heterocycles. The van der Waals surface area contributed by atoms with Crippen LogP contribution in [0.2, 0.25) is 0 Å². The van der Waals surface area contributed by atoms with Crippen LogP contribution in [0.5, 0.6) is 0 Å². The SMILES string of the molecule is CC1COC1C(C)(C)CO. The van der Waals surface area contributed by atoms with Crippen LogP contribution in [0.25, 0.3) is 0 Å². The van der Waals surface area contributed by atoms with E-state index in [9.17, 15) is 0 Å². The molecule has 60 valence electrons. The van der Waals surface area contributed by atoms with Crippen LogP contribution in [0.1, 0.15) is 20.8 Å². The Morgan fingerprint density at radius 1 is 1.60 bits per heavy atom. The van der Waals surface area contributed by atoms with E-state index in [-0.39, 0.29) is 18.1 Å². The first-order valence-corrected chi connectivity index (χ1v) is 3.80. The van der Waals surface area contributed by atoms with Gasteiger partial charge in [-0.15, -0.1) is 0 Å².